The van der Waals surface area contributed by atoms with Gasteiger partial charge in [-0.15, -0.1) is 0 Å². The molecular weight excluding hydrogens is 254 g/mol. The summed E-state index contributed by atoms with van der Waals surface area (Å²) in [5.41, 5.74) is 0. The van der Waals surface area contributed by atoms with Crippen LogP contribution >= 0.6 is 0 Å². The van der Waals surface area contributed by atoms with Crippen molar-refractivity contribution in [1.82, 2.24) is 20.4 Å². The third kappa shape index (κ3) is 3.95. The van der Waals surface area contributed by atoms with Crippen LogP contribution in [0.4, 0.5) is 0 Å². The molecule has 6 heteroatoms. The Morgan fingerprint density at radius 2 is 2.10 bits per heavy atom. The van der Waals surface area contributed by atoms with E-state index in [9.17, 15) is 0 Å². The van der Waals surface area contributed by atoms with Crippen LogP contribution in [0.15, 0.2) is 9.52 Å². The van der Waals surface area contributed by atoms with Crippen LogP contribution in [-0.2, 0) is 6.54 Å². The number of aryl methyl sites for hydroxylation is 1. The summed E-state index contributed by atoms with van der Waals surface area (Å²) in [6.07, 6.45) is 1.29. The van der Waals surface area contributed by atoms with Crippen molar-refractivity contribution in [1.29, 1.82) is 0 Å². The summed E-state index contributed by atoms with van der Waals surface area (Å²) in [5, 5.41) is 7.14. The summed E-state index contributed by atoms with van der Waals surface area (Å²) in [6.45, 7) is 11.9. The highest BCUT2D eigenvalue weighted by Crippen LogP contribution is 2.21. The fraction of sp³-hybridized carbons (Fsp3) is 0.786. The van der Waals surface area contributed by atoms with E-state index in [4.69, 9.17) is 4.52 Å². The number of aromatic nitrogens is 2. The highest BCUT2D eigenvalue weighted by Gasteiger charge is 2.24. The van der Waals surface area contributed by atoms with Crippen molar-refractivity contribution < 1.29 is 4.52 Å². The summed E-state index contributed by atoms with van der Waals surface area (Å²) >= 11 is 0. The minimum absolute atomic E-state index is 0.433. The number of likely N-dealkylation sites (tertiary alicyclic amines) is 1. The zero-order valence-corrected chi connectivity index (χ0v) is 12.9. The molecule has 1 fully saturated rings. The van der Waals surface area contributed by atoms with Crippen molar-refractivity contribution in [3.8, 4) is 0 Å². The molecule has 2 rings (SSSR count). The number of aliphatic imine (C=N–C) groups is 1. The maximum atomic E-state index is 5.11. The van der Waals surface area contributed by atoms with Gasteiger partial charge in [-0.2, -0.15) is 4.98 Å². The van der Waals surface area contributed by atoms with Gasteiger partial charge >= 0.3 is 0 Å². The molecule has 0 radical (unpaired) electrons. The maximum Gasteiger partial charge on any atom is 0.248 e. The van der Waals surface area contributed by atoms with Gasteiger partial charge in [0.05, 0.1) is 0 Å². The molecule has 1 saturated heterocycles. The van der Waals surface area contributed by atoms with E-state index in [2.05, 4.69) is 46.1 Å². The highest BCUT2D eigenvalue weighted by molar-refractivity contribution is 5.80. The smallest absolute Gasteiger partial charge is 0.248 e. The molecule has 0 amide bonds. The number of hydrogen-bond donors (Lipinski definition) is 1. The fourth-order valence-electron chi connectivity index (χ4n) is 2.81. The number of hydrogen-bond acceptors (Lipinski definition) is 4. The zero-order valence-electron chi connectivity index (χ0n) is 12.9. The van der Waals surface area contributed by atoms with Crippen LogP contribution in [0.5, 0.6) is 0 Å². The van der Waals surface area contributed by atoms with Crippen LogP contribution in [-0.4, -0.2) is 40.6 Å². The molecule has 20 heavy (non-hydrogen) atoms. The van der Waals surface area contributed by atoms with Crippen LogP contribution in [0, 0.1) is 18.8 Å². The van der Waals surface area contributed by atoms with Gasteiger partial charge in [-0.05, 0) is 32.1 Å². The summed E-state index contributed by atoms with van der Waals surface area (Å²) < 4.78 is 5.11. The Bertz CT molecular complexity index is 446. The van der Waals surface area contributed by atoms with Crippen LogP contribution in [0.3, 0.4) is 0 Å². The van der Waals surface area contributed by atoms with Gasteiger partial charge in [0.2, 0.25) is 5.89 Å². The van der Waals surface area contributed by atoms with Gasteiger partial charge in [0.1, 0.15) is 6.54 Å². The Kier molecular flexibility index (Phi) is 4.98. The molecule has 0 spiro atoms. The zero-order chi connectivity index (χ0) is 14.5. The molecule has 6 nitrogen and oxygen atoms in total. The number of rotatable bonds is 3. The van der Waals surface area contributed by atoms with E-state index in [-0.39, 0.29) is 0 Å². The van der Waals surface area contributed by atoms with Crippen LogP contribution < -0.4 is 5.32 Å². The van der Waals surface area contributed by atoms with Gasteiger partial charge in [-0.25, -0.2) is 4.99 Å². The number of nitrogens with zero attached hydrogens (tertiary/aromatic N) is 4. The molecule has 0 saturated carbocycles. The minimum atomic E-state index is 0.433. The van der Waals surface area contributed by atoms with Gasteiger partial charge in [-0.1, -0.05) is 19.0 Å². The fourth-order valence-corrected chi connectivity index (χ4v) is 2.81. The molecular formula is C14H25N5O. The Morgan fingerprint density at radius 3 is 2.65 bits per heavy atom. The molecule has 0 bridgehead atoms. The van der Waals surface area contributed by atoms with Crippen molar-refractivity contribution >= 4 is 5.96 Å². The van der Waals surface area contributed by atoms with Crippen LogP contribution in [0.1, 0.15) is 38.9 Å². The van der Waals surface area contributed by atoms with Gasteiger partial charge < -0.3 is 14.7 Å². The first-order chi connectivity index (χ1) is 9.58. The van der Waals surface area contributed by atoms with E-state index in [1.165, 1.54) is 6.42 Å². The Balaban J connectivity index is 2.05. The highest BCUT2D eigenvalue weighted by atomic mass is 16.5. The maximum absolute atomic E-state index is 5.11. The molecule has 1 aromatic rings. The average molecular weight is 279 g/mol. The van der Waals surface area contributed by atoms with E-state index in [1.807, 2.05) is 6.92 Å². The summed E-state index contributed by atoms with van der Waals surface area (Å²) in [5.74, 6) is 3.57. The lowest BCUT2D eigenvalue weighted by atomic mass is 9.92. The van der Waals surface area contributed by atoms with E-state index >= 15 is 0 Å². The standard InChI is InChI=1S/C14H25N5O/c1-5-15-14(16-7-13-17-12(4)18-20-13)19-8-10(2)6-11(3)9-19/h10-11H,5-9H2,1-4H3,(H,15,16). The average Bonchev–Trinajstić information content (AvgIpc) is 2.79. The van der Waals surface area contributed by atoms with Crippen molar-refractivity contribution in [2.75, 3.05) is 19.6 Å². The van der Waals surface area contributed by atoms with Crippen LogP contribution in [0.25, 0.3) is 0 Å². The number of nitrogens with one attached hydrogen (secondary N) is 1. The molecule has 1 aromatic heterocycles. The lowest BCUT2D eigenvalue weighted by Crippen LogP contribution is -2.48. The first-order valence-corrected chi connectivity index (χ1v) is 7.41. The predicted octanol–water partition coefficient (Wildman–Crippen LogP) is 1.82. The van der Waals surface area contributed by atoms with Crippen molar-refractivity contribution in [3.05, 3.63) is 11.7 Å². The lowest BCUT2D eigenvalue weighted by molar-refractivity contribution is 0.208. The van der Waals surface area contributed by atoms with E-state index in [0.717, 1.165) is 25.6 Å². The van der Waals surface area contributed by atoms with Gasteiger partial charge in [0.15, 0.2) is 11.8 Å². The van der Waals surface area contributed by atoms with Gasteiger partial charge in [-0.3, -0.25) is 0 Å². The molecule has 0 aromatic carbocycles. The molecule has 1 aliphatic heterocycles. The molecule has 2 unspecified atom stereocenters. The van der Waals surface area contributed by atoms with E-state index < -0.39 is 0 Å². The molecule has 0 aliphatic carbocycles. The van der Waals surface area contributed by atoms with E-state index in [0.29, 0.717) is 30.1 Å². The SMILES string of the molecule is CCNC(=NCc1nc(C)no1)N1CC(C)CC(C)C1. The molecule has 2 atom stereocenters. The van der Waals surface area contributed by atoms with Crippen LogP contribution in [0.2, 0.25) is 0 Å². The Labute approximate surface area is 120 Å². The molecule has 1 aliphatic rings. The summed E-state index contributed by atoms with van der Waals surface area (Å²) in [4.78, 5) is 11.2. The number of guanidine groups is 1. The third-order valence-electron chi connectivity index (χ3n) is 3.44. The molecule has 2 heterocycles. The lowest BCUT2D eigenvalue weighted by Gasteiger charge is -2.37. The summed E-state index contributed by atoms with van der Waals surface area (Å²) in [7, 11) is 0. The van der Waals surface area contributed by atoms with Crippen molar-refractivity contribution in [2.45, 2.75) is 40.7 Å². The van der Waals surface area contributed by atoms with Crippen molar-refractivity contribution in [3.63, 3.8) is 0 Å². The Morgan fingerprint density at radius 1 is 1.40 bits per heavy atom. The normalized spacial score (nSPS) is 24.0. The molecule has 1 N–H and O–H groups in total. The minimum Gasteiger partial charge on any atom is -0.357 e. The summed E-state index contributed by atoms with van der Waals surface area (Å²) in [6, 6.07) is 0. The Hall–Kier alpha value is -1.59. The first kappa shape index (κ1) is 14.8. The monoisotopic (exact) mass is 279 g/mol. The second kappa shape index (κ2) is 6.72. The first-order valence-electron chi connectivity index (χ1n) is 7.41. The quantitative estimate of drug-likeness (QED) is 0.675. The molecule has 112 valence electrons. The number of piperidine rings is 1. The second-order valence-electron chi connectivity index (χ2n) is 5.76. The van der Waals surface area contributed by atoms with E-state index in [1.54, 1.807) is 0 Å². The topological polar surface area (TPSA) is 66.5 Å². The largest absolute Gasteiger partial charge is 0.357 e. The van der Waals surface area contributed by atoms with Crippen molar-refractivity contribution in [2.24, 2.45) is 16.8 Å². The van der Waals surface area contributed by atoms with Gasteiger partial charge in [0.25, 0.3) is 0 Å². The third-order valence-corrected chi connectivity index (χ3v) is 3.44. The second-order valence-corrected chi connectivity index (χ2v) is 5.76. The predicted molar refractivity (Wildman–Crippen MR) is 78.4 cm³/mol. The van der Waals surface area contributed by atoms with Gasteiger partial charge in [0, 0.05) is 19.6 Å².